The highest BCUT2D eigenvalue weighted by molar-refractivity contribution is 7.89. The van der Waals surface area contributed by atoms with Crippen LogP contribution in [0.2, 0.25) is 0 Å². The van der Waals surface area contributed by atoms with E-state index < -0.39 is 10.0 Å². The van der Waals surface area contributed by atoms with Gasteiger partial charge in [0.15, 0.2) is 0 Å². The first kappa shape index (κ1) is 15.9. The predicted octanol–water partition coefficient (Wildman–Crippen LogP) is 2.71. The van der Waals surface area contributed by atoms with Gasteiger partial charge in [0.25, 0.3) is 0 Å². The molecule has 1 aromatic rings. The standard InChI is InChI=1S/C14H24N2O2S2/c1-10(2)15-8-12-7-13(9-19-12)20(17,18)16-14(3,4)11-5-6-11/h7,9-11,15-16H,5-6,8H2,1-4H3. The molecule has 1 heterocycles. The normalized spacial score (nSPS) is 16.9. The van der Waals surface area contributed by atoms with E-state index in [9.17, 15) is 8.42 Å². The summed E-state index contributed by atoms with van der Waals surface area (Å²) in [5.41, 5.74) is -0.350. The Hall–Kier alpha value is -0.430. The van der Waals surface area contributed by atoms with Gasteiger partial charge in [-0.2, -0.15) is 0 Å². The first-order valence-electron chi connectivity index (χ1n) is 7.05. The van der Waals surface area contributed by atoms with E-state index >= 15 is 0 Å². The number of nitrogens with one attached hydrogen (secondary N) is 2. The lowest BCUT2D eigenvalue weighted by atomic mass is 10.0. The van der Waals surface area contributed by atoms with Crippen molar-refractivity contribution in [1.29, 1.82) is 0 Å². The Morgan fingerprint density at radius 1 is 1.40 bits per heavy atom. The summed E-state index contributed by atoms with van der Waals surface area (Å²) in [5, 5.41) is 5.02. The van der Waals surface area contributed by atoms with Gasteiger partial charge >= 0.3 is 0 Å². The molecule has 20 heavy (non-hydrogen) atoms. The Balaban J connectivity index is 2.06. The molecular weight excluding hydrogens is 292 g/mol. The van der Waals surface area contributed by atoms with E-state index in [1.807, 2.05) is 13.8 Å². The van der Waals surface area contributed by atoms with Gasteiger partial charge in [-0.25, -0.2) is 13.1 Å². The van der Waals surface area contributed by atoms with Crippen LogP contribution in [0, 0.1) is 5.92 Å². The first-order valence-corrected chi connectivity index (χ1v) is 9.42. The molecule has 0 saturated heterocycles. The minimum absolute atomic E-state index is 0.350. The Bertz CT molecular complexity index is 557. The molecule has 0 bridgehead atoms. The molecule has 0 aliphatic heterocycles. The summed E-state index contributed by atoms with van der Waals surface area (Å²) in [5.74, 6) is 0.470. The Morgan fingerprint density at radius 2 is 2.05 bits per heavy atom. The van der Waals surface area contributed by atoms with Crippen LogP contribution >= 0.6 is 11.3 Å². The van der Waals surface area contributed by atoms with E-state index in [1.54, 1.807) is 11.4 Å². The van der Waals surface area contributed by atoms with Gasteiger partial charge in [0, 0.05) is 28.4 Å². The van der Waals surface area contributed by atoms with Crippen molar-refractivity contribution in [3.05, 3.63) is 16.3 Å². The van der Waals surface area contributed by atoms with Gasteiger partial charge in [-0.1, -0.05) is 13.8 Å². The van der Waals surface area contributed by atoms with Crippen LogP contribution in [0.4, 0.5) is 0 Å². The molecule has 0 aromatic carbocycles. The minimum atomic E-state index is -3.41. The Labute approximate surface area is 126 Å². The topological polar surface area (TPSA) is 58.2 Å². The molecule has 0 unspecified atom stereocenters. The number of hydrogen-bond acceptors (Lipinski definition) is 4. The van der Waals surface area contributed by atoms with Gasteiger partial charge in [-0.05, 0) is 38.7 Å². The average molecular weight is 316 g/mol. The van der Waals surface area contributed by atoms with Crippen LogP contribution in [0.25, 0.3) is 0 Å². The predicted molar refractivity (Wildman–Crippen MR) is 83.4 cm³/mol. The lowest BCUT2D eigenvalue weighted by Gasteiger charge is -2.25. The second kappa shape index (κ2) is 5.75. The van der Waals surface area contributed by atoms with E-state index in [-0.39, 0.29) is 5.54 Å². The molecule has 2 rings (SSSR count). The molecule has 4 nitrogen and oxygen atoms in total. The summed E-state index contributed by atoms with van der Waals surface area (Å²) >= 11 is 1.49. The van der Waals surface area contributed by atoms with Gasteiger partial charge in [0.1, 0.15) is 0 Å². The fraction of sp³-hybridized carbons (Fsp3) is 0.714. The number of rotatable bonds is 7. The largest absolute Gasteiger partial charge is 0.310 e. The van der Waals surface area contributed by atoms with Gasteiger partial charge in [0.2, 0.25) is 10.0 Å². The van der Waals surface area contributed by atoms with Crippen LogP contribution in [-0.4, -0.2) is 20.0 Å². The van der Waals surface area contributed by atoms with E-state index in [4.69, 9.17) is 0 Å². The summed E-state index contributed by atoms with van der Waals surface area (Å²) in [6, 6.07) is 2.16. The van der Waals surface area contributed by atoms with E-state index in [0.29, 0.717) is 23.4 Å². The zero-order valence-corrected chi connectivity index (χ0v) is 14.2. The highest BCUT2D eigenvalue weighted by Crippen LogP contribution is 2.40. The Kier molecular flexibility index (Phi) is 4.59. The van der Waals surface area contributed by atoms with Crippen molar-refractivity contribution < 1.29 is 8.42 Å². The zero-order valence-electron chi connectivity index (χ0n) is 12.6. The fourth-order valence-electron chi connectivity index (χ4n) is 2.19. The summed E-state index contributed by atoms with van der Waals surface area (Å²) in [6.45, 7) is 8.80. The van der Waals surface area contributed by atoms with E-state index in [0.717, 1.165) is 17.7 Å². The van der Waals surface area contributed by atoms with Crippen LogP contribution in [0.3, 0.4) is 0 Å². The molecule has 0 amide bonds. The molecule has 1 aromatic heterocycles. The van der Waals surface area contributed by atoms with Crippen LogP contribution in [0.15, 0.2) is 16.3 Å². The second-order valence-corrected chi connectivity index (χ2v) is 9.06. The van der Waals surface area contributed by atoms with Crippen molar-refractivity contribution in [2.24, 2.45) is 5.92 Å². The fourth-order valence-corrected chi connectivity index (χ4v) is 4.89. The second-order valence-electron chi connectivity index (χ2n) is 6.39. The van der Waals surface area contributed by atoms with Crippen LogP contribution in [0.1, 0.15) is 45.4 Å². The summed E-state index contributed by atoms with van der Waals surface area (Å²) < 4.78 is 27.7. The van der Waals surface area contributed by atoms with Gasteiger partial charge in [-0.3, -0.25) is 0 Å². The van der Waals surface area contributed by atoms with Crippen molar-refractivity contribution in [2.45, 2.75) is 63.6 Å². The molecule has 6 heteroatoms. The molecule has 1 fully saturated rings. The van der Waals surface area contributed by atoms with Crippen LogP contribution < -0.4 is 10.0 Å². The SMILES string of the molecule is CC(C)NCc1cc(S(=O)(=O)NC(C)(C)C2CC2)cs1. The Morgan fingerprint density at radius 3 is 2.60 bits per heavy atom. The van der Waals surface area contributed by atoms with Crippen LogP contribution in [0.5, 0.6) is 0 Å². The molecule has 0 atom stereocenters. The van der Waals surface area contributed by atoms with E-state index in [2.05, 4.69) is 23.9 Å². The van der Waals surface area contributed by atoms with Crippen molar-refractivity contribution in [3.8, 4) is 0 Å². The third-order valence-electron chi connectivity index (χ3n) is 3.62. The summed E-state index contributed by atoms with van der Waals surface area (Å²) in [6.07, 6.45) is 2.23. The molecule has 1 aliphatic carbocycles. The maximum Gasteiger partial charge on any atom is 0.241 e. The average Bonchev–Trinajstić information content (AvgIpc) is 3.05. The van der Waals surface area contributed by atoms with Gasteiger partial charge in [0.05, 0.1) is 4.90 Å². The number of thiophene rings is 1. The maximum atomic E-state index is 12.4. The molecule has 0 spiro atoms. The number of hydrogen-bond donors (Lipinski definition) is 2. The minimum Gasteiger partial charge on any atom is -0.310 e. The van der Waals surface area contributed by atoms with Gasteiger partial charge in [-0.15, -0.1) is 11.3 Å². The highest BCUT2D eigenvalue weighted by atomic mass is 32.2. The lowest BCUT2D eigenvalue weighted by molar-refractivity contribution is 0.400. The lowest BCUT2D eigenvalue weighted by Crippen LogP contribution is -2.44. The van der Waals surface area contributed by atoms with Crippen molar-refractivity contribution >= 4 is 21.4 Å². The quantitative estimate of drug-likeness (QED) is 0.813. The summed E-state index contributed by atoms with van der Waals surface area (Å²) in [7, 11) is -3.41. The highest BCUT2D eigenvalue weighted by Gasteiger charge is 2.40. The summed E-state index contributed by atoms with van der Waals surface area (Å²) in [4.78, 5) is 1.43. The monoisotopic (exact) mass is 316 g/mol. The number of sulfonamides is 1. The smallest absolute Gasteiger partial charge is 0.241 e. The van der Waals surface area contributed by atoms with Gasteiger partial charge < -0.3 is 5.32 Å². The third-order valence-corrected chi connectivity index (χ3v) is 6.36. The zero-order chi connectivity index (χ0) is 15.0. The first-order chi connectivity index (χ1) is 9.21. The van der Waals surface area contributed by atoms with Crippen LogP contribution in [-0.2, 0) is 16.6 Å². The van der Waals surface area contributed by atoms with Crippen molar-refractivity contribution in [1.82, 2.24) is 10.0 Å². The van der Waals surface area contributed by atoms with E-state index in [1.165, 1.54) is 11.3 Å². The molecule has 1 aliphatic rings. The molecule has 1 saturated carbocycles. The maximum absolute atomic E-state index is 12.4. The third kappa shape index (κ3) is 4.04. The van der Waals surface area contributed by atoms with Crippen molar-refractivity contribution in [3.63, 3.8) is 0 Å². The molecule has 114 valence electrons. The molecular formula is C14H24N2O2S2. The van der Waals surface area contributed by atoms with Crippen molar-refractivity contribution in [2.75, 3.05) is 0 Å². The molecule has 2 N–H and O–H groups in total. The molecule has 0 radical (unpaired) electrons.